The fourth-order valence-electron chi connectivity index (χ4n) is 1.92. The molecule has 0 bridgehead atoms. The summed E-state index contributed by atoms with van der Waals surface area (Å²) in [5.74, 6) is 1.60. The second kappa shape index (κ2) is 6.74. The molecule has 0 radical (unpaired) electrons. The zero-order valence-corrected chi connectivity index (χ0v) is 11.8. The third-order valence-corrected chi connectivity index (χ3v) is 3.23. The Morgan fingerprint density at radius 2 is 1.90 bits per heavy atom. The van der Waals surface area contributed by atoms with Crippen LogP contribution >= 0.6 is 0 Å². The second-order valence-corrected chi connectivity index (χ2v) is 4.66. The topological polar surface area (TPSA) is 45.0 Å². The van der Waals surface area contributed by atoms with Crippen LogP contribution in [0.1, 0.15) is 24.1 Å². The molecule has 102 valence electrons. The maximum absolute atomic E-state index is 8.64. The van der Waals surface area contributed by atoms with Crippen LogP contribution in [0.3, 0.4) is 0 Å². The molecule has 1 unspecified atom stereocenters. The first-order chi connectivity index (χ1) is 9.72. The van der Waals surface area contributed by atoms with Gasteiger partial charge in [-0.1, -0.05) is 24.3 Å². The van der Waals surface area contributed by atoms with Crippen molar-refractivity contribution in [3.8, 4) is 17.6 Å². The molecule has 0 aromatic heterocycles. The molecule has 0 aliphatic carbocycles. The van der Waals surface area contributed by atoms with Crippen LogP contribution in [0, 0.1) is 11.3 Å². The van der Waals surface area contributed by atoms with Crippen molar-refractivity contribution >= 4 is 0 Å². The Balaban J connectivity index is 2.11. The van der Waals surface area contributed by atoms with Crippen LogP contribution in [0.15, 0.2) is 48.5 Å². The lowest BCUT2D eigenvalue weighted by Crippen LogP contribution is -2.11. The zero-order valence-electron chi connectivity index (χ0n) is 11.8. The van der Waals surface area contributed by atoms with Gasteiger partial charge in [0.05, 0.1) is 12.5 Å². The summed E-state index contributed by atoms with van der Waals surface area (Å²) in [6.45, 7) is 2.11. The summed E-state index contributed by atoms with van der Waals surface area (Å²) < 4.78 is 5.84. The van der Waals surface area contributed by atoms with Crippen molar-refractivity contribution in [2.45, 2.75) is 19.4 Å². The Labute approximate surface area is 119 Å². The van der Waals surface area contributed by atoms with Gasteiger partial charge in [0.15, 0.2) is 0 Å². The molecule has 0 aliphatic heterocycles. The highest BCUT2D eigenvalue weighted by molar-refractivity contribution is 5.36. The molecule has 1 N–H and O–H groups in total. The number of ether oxygens (including phenoxy) is 1. The smallest absolute Gasteiger partial charge is 0.127 e. The van der Waals surface area contributed by atoms with Crippen molar-refractivity contribution in [2.75, 3.05) is 7.05 Å². The van der Waals surface area contributed by atoms with Crippen LogP contribution in [0.25, 0.3) is 0 Å². The molecular formula is C17H18N2O. The summed E-state index contributed by atoms with van der Waals surface area (Å²) in [6, 6.07) is 18.1. The molecule has 0 heterocycles. The van der Waals surface area contributed by atoms with Crippen molar-refractivity contribution in [3.05, 3.63) is 59.7 Å². The monoisotopic (exact) mass is 266 g/mol. The predicted octanol–water partition coefficient (Wildman–Crippen LogP) is 3.83. The van der Waals surface area contributed by atoms with E-state index in [0.29, 0.717) is 6.42 Å². The van der Waals surface area contributed by atoms with Gasteiger partial charge in [0.1, 0.15) is 11.5 Å². The van der Waals surface area contributed by atoms with Gasteiger partial charge in [0.25, 0.3) is 0 Å². The molecule has 2 aromatic carbocycles. The summed E-state index contributed by atoms with van der Waals surface area (Å²) >= 11 is 0. The van der Waals surface area contributed by atoms with Gasteiger partial charge in [-0.15, -0.1) is 0 Å². The maximum atomic E-state index is 8.64. The van der Waals surface area contributed by atoms with Gasteiger partial charge in [0, 0.05) is 6.04 Å². The molecule has 2 aromatic rings. The molecular weight excluding hydrogens is 248 g/mol. The van der Waals surface area contributed by atoms with E-state index in [9.17, 15) is 0 Å². The summed E-state index contributed by atoms with van der Waals surface area (Å²) in [4.78, 5) is 0. The van der Waals surface area contributed by atoms with Gasteiger partial charge in [-0.3, -0.25) is 0 Å². The Morgan fingerprint density at radius 3 is 2.55 bits per heavy atom. The third-order valence-electron chi connectivity index (χ3n) is 3.23. The lowest BCUT2D eigenvalue weighted by atomic mass is 10.1. The third kappa shape index (κ3) is 3.59. The van der Waals surface area contributed by atoms with Crippen LogP contribution < -0.4 is 10.1 Å². The molecule has 2 rings (SSSR count). The van der Waals surface area contributed by atoms with E-state index in [1.807, 2.05) is 49.5 Å². The molecule has 20 heavy (non-hydrogen) atoms. The quantitative estimate of drug-likeness (QED) is 0.894. The minimum absolute atomic E-state index is 0.288. The van der Waals surface area contributed by atoms with Crippen molar-refractivity contribution in [3.63, 3.8) is 0 Å². The van der Waals surface area contributed by atoms with Crippen LogP contribution in [-0.2, 0) is 6.42 Å². The number of hydrogen-bond acceptors (Lipinski definition) is 3. The summed E-state index contributed by atoms with van der Waals surface area (Å²) in [5, 5.41) is 11.9. The van der Waals surface area contributed by atoms with E-state index in [1.54, 1.807) is 0 Å². The van der Waals surface area contributed by atoms with Crippen molar-refractivity contribution in [1.29, 1.82) is 5.26 Å². The summed E-state index contributed by atoms with van der Waals surface area (Å²) in [6.07, 6.45) is 0.426. The van der Waals surface area contributed by atoms with E-state index in [4.69, 9.17) is 10.00 Å². The van der Waals surface area contributed by atoms with Crippen LogP contribution in [0.2, 0.25) is 0 Å². The SMILES string of the molecule is CNC(C)c1cccc(Oc2ccc(CC#N)cc2)c1. The first-order valence-electron chi connectivity index (χ1n) is 6.64. The lowest BCUT2D eigenvalue weighted by molar-refractivity contribution is 0.480. The normalized spacial score (nSPS) is 11.7. The number of hydrogen-bond donors (Lipinski definition) is 1. The van der Waals surface area contributed by atoms with Gasteiger partial charge >= 0.3 is 0 Å². The number of nitrogens with zero attached hydrogens (tertiary/aromatic N) is 1. The highest BCUT2D eigenvalue weighted by atomic mass is 16.5. The fourth-order valence-corrected chi connectivity index (χ4v) is 1.92. The average molecular weight is 266 g/mol. The van der Waals surface area contributed by atoms with Crippen molar-refractivity contribution in [2.24, 2.45) is 0 Å². The van der Waals surface area contributed by atoms with E-state index < -0.39 is 0 Å². The minimum Gasteiger partial charge on any atom is -0.457 e. The largest absolute Gasteiger partial charge is 0.457 e. The van der Waals surface area contributed by atoms with Crippen molar-refractivity contribution < 1.29 is 4.74 Å². The maximum Gasteiger partial charge on any atom is 0.127 e. The van der Waals surface area contributed by atoms with Gasteiger partial charge in [0.2, 0.25) is 0 Å². The van der Waals surface area contributed by atoms with Gasteiger partial charge in [-0.05, 0) is 49.4 Å². The van der Waals surface area contributed by atoms with E-state index in [2.05, 4.69) is 24.4 Å². The Morgan fingerprint density at radius 1 is 1.15 bits per heavy atom. The second-order valence-electron chi connectivity index (χ2n) is 4.66. The molecule has 0 saturated carbocycles. The molecule has 1 atom stereocenters. The Hall–Kier alpha value is -2.31. The minimum atomic E-state index is 0.288. The molecule has 0 saturated heterocycles. The van der Waals surface area contributed by atoms with E-state index in [-0.39, 0.29) is 6.04 Å². The van der Waals surface area contributed by atoms with E-state index >= 15 is 0 Å². The van der Waals surface area contributed by atoms with Crippen LogP contribution in [-0.4, -0.2) is 7.05 Å². The van der Waals surface area contributed by atoms with Crippen LogP contribution in [0.5, 0.6) is 11.5 Å². The zero-order chi connectivity index (χ0) is 14.4. The molecule has 0 amide bonds. The molecule has 0 aliphatic rings. The average Bonchev–Trinajstić information content (AvgIpc) is 2.49. The number of benzene rings is 2. The molecule has 0 spiro atoms. The van der Waals surface area contributed by atoms with Crippen LogP contribution in [0.4, 0.5) is 0 Å². The molecule has 0 fully saturated rings. The van der Waals surface area contributed by atoms with E-state index in [0.717, 1.165) is 17.1 Å². The first kappa shape index (κ1) is 14.1. The fraction of sp³-hybridized carbons (Fsp3) is 0.235. The number of rotatable bonds is 5. The highest BCUT2D eigenvalue weighted by Crippen LogP contribution is 2.24. The van der Waals surface area contributed by atoms with Gasteiger partial charge in [-0.25, -0.2) is 0 Å². The van der Waals surface area contributed by atoms with Gasteiger partial charge < -0.3 is 10.1 Å². The highest BCUT2D eigenvalue weighted by Gasteiger charge is 2.04. The standard InChI is InChI=1S/C17H18N2O/c1-13(19-2)15-4-3-5-17(12-15)20-16-8-6-14(7-9-16)10-11-18/h3-9,12-13,19H,10H2,1-2H3. The number of nitrogens with one attached hydrogen (secondary N) is 1. The Bertz CT molecular complexity index is 599. The number of nitriles is 1. The summed E-state index contributed by atoms with van der Waals surface area (Å²) in [7, 11) is 1.94. The van der Waals surface area contributed by atoms with Gasteiger partial charge in [-0.2, -0.15) is 5.26 Å². The Kier molecular flexibility index (Phi) is 4.75. The molecule has 3 nitrogen and oxygen atoms in total. The first-order valence-corrected chi connectivity index (χ1v) is 6.64. The van der Waals surface area contributed by atoms with E-state index in [1.165, 1.54) is 5.56 Å². The predicted molar refractivity (Wildman–Crippen MR) is 79.7 cm³/mol. The lowest BCUT2D eigenvalue weighted by Gasteiger charge is -2.12. The summed E-state index contributed by atoms with van der Waals surface area (Å²) in [5.41, 5.74) is 2.18. The molecule has 3 heteroatoms. The van der Waals surface area contributed by atoms with Crippen molar-refractivity contribution in [1.82, 2.24) is 5.32 Å².